The molecule has 0 spiro atoms. The fraction of sp³-hybridized carbons (Fsp3) is 0.238. The van der Waals surface area contributed by atoms with Gasteiger partial charge in [0.2, 0.25) is 0 Å². The average Bonchev–Trinajstić information content (AvgIpc) is 2.68. The first-order chi connectivity index (χ1) is 13.1. The summed E-state index contributed by atoms with van der Waals surface area (Å²) in [5.74, 6) is -0.814. The molecule has 0 aromatic heterocycles. The van der Waals surface area contributed by atoms with Crippen molar-refractivity contribution in [1.82, 2.24) is 0 Å². The molecule has 6 nitrogen and oxygen atoms in total. The maximum Gasteiger partial charge on any atom is 0.347 e. The number of anilines is 1. The molecule has 0 heterocycles. The fourth-order valence-corrected chi connectivity index (χ4v) is 2.19. The van der Waals surface area contributed by atoms with Crippen LogP contribution in [0.1, 0.15) is 19.4 Å². The predicted molar refractivity (Wildman–Crippen MR) is 102 cm³/mol. The summed E-state index contributed by atoms with van der Waals surface area (Å²) in [6.07, 6.45) is 1.28. The summed E-state index contributed by atoms with van der Waals surface area (Å²) in [5.41, 5.74) is 1.52. The summed E-state index contributed by atoms with van der Waals surface area (Å²) in [4.78, 5) is 23.9. The lowest BCUT2D eigenvalue weighted by molar-refractivity contribution is -0.146. The second-order valence-electron chi connectivity index (χ2n) is 5.45. The predicted octanol–water partition coefficient (Wildman–Crippen LogP) is 3.69. The van der Waals surface area contributed by atoms with Crippen LogP contribution in [0.2, 0.25) is 0 Å². The standard InChI is InChI=1S/C21H23NO5/c1-3-25-20(23)19(21(24)26-4-2)14-22-17-11-8-12-18(13-17)27-15-16-9-6-5-7-10-16/h5-14,22H,3-4,15H2,1-2H3. The molecule has 0 aliphatic heterocycles. The van der Waals surface area contributed by atoms with E-state index in [4.69, 9.17) is 14.2 Å². The quantitative estimate of drug-likeness (QED) is 0.315. The van der Waals surface area contributed by atoms with Gasteiger partial charge in [-0.15, -0.1) is 0 Å². The molecular formula is C21H23NO5. The van der Waals surface area contributed by atoms with Crippen molar-refractivity contribution < 1.29 is 23.8 Å². The van der Waals surface area contributed by atoms with E-state index >= 15 is 0 Å². The van der Waals surface area contributed by atoms with E-state index in [1.54, 1.807) is 26.0 Å². The lowest BCUT2D eigenvalue weighted by atomic mass is 10.2. The van der Waals surface area contributed by atoms with E-state index in [-0.39, 0.29) is 18.8 Å². The number of rotatable bonds is 9. The minimum absolute atomic E-state index is 0.165. The molecule has 0 saturated heterocycles. The van der Waals surface area contributed by atoms with Crippen molar-refractivity contribution in [1.29, 1.82) is 0 Å². The Kier molecular flexibility index (Phi) is 7.91. The molecule has 0 atom stereocenters. The number of benzene rings is 2. The van der Waals surface area contributed by atoms with Gasteiger partial charge in [0.05, 0.1) is 13.2 Å². The van der Waals surface area contributed by atoms with E-state index in [2.05, 4.69) is 5.32 Å². The molecule has 0 saturated carbocycles. The number of hydrogen-bond donors (Lipinski definition) is 1. The van der Waals surface area contributed by atoms with Gasteiger partial charge >= 0.3 is 11.9 Å². The molecule has 0 aliphatic carbocycles. The lowest BCUT2D eigenvalue weighted by Gasteiger charge is -2.10. The van der Waals surface area contributed by atoms with E-state index in [9.17, 15) is 9.59 Å². The number of carbonyl (C=O) groups excluding carboxylic acids is 2. The first-order valence-electron chi connectivity index (χ1n) is 8.71. The zero-order chi connectivity index (χ0) is 19.5. The zero-order valence-electron chi connectivity index (χ0n) is 15.4. The molecule has 2 rings (SSSR count). The van der Waals surface area contributed by atoms with Crippen LogP contribution in [0.15, 0.2) is 66.4 Å². The molecule has 0 fully saturated rings. The monoisotopic (exact) mass is 369 g/mol. The molecule has 0 radical (unpaired) electrons. The number of nitrogens with one attached hydrogen (secondary N) is 1. The Bertz CT molecular complexity index is 766. The third-order valence-corrected chi connectivity index (χ3v) is 3.46. The van der Waals surface area contributed by atoms with Crippen LogP contribution in [0.4, 0.5) is 5.69 Å². The van der Waals surface area contributed by atoms with Crippen LogP contribution in [0.3, 0.4) is 0 Å². The molecule has 0 bridgehead atoms. The minimum Gasteiger partial charge on any atom is -0.489 e. The Morgan fingerprint density at radius 2 is 1.59 bits per heavy atom. The van der Waals surface area contributed by atoms with Crippen molar-refractivity contribution in [2.75, 3.05) is 18.5 Å². The summed E-state index contributed by atoms with van der Waals surface area (Å²) >= 11 is 0. The van der Waals surface area contributed by atoms with Crippen molar-refractivity contribution >= 4 is 17.6 Å². The summed E-state index contributed by atoms with van der Waals surface area (Å²) in [6.45, 7) is 4.11. The normalized spacial score (nSPS) is 9.85. The maximum absolute atomic E-state index is 12.0. The number of ether oxygens (including phenoxy) is 3. The molecular weight excluding hydrogens is 346 g/mol. The van der Waals surface area contributed by atoms with Crippen molar-refractivity contribution in [3.8, 4) is 5.75 Å². The van der Waals surface area contributed by atoms with Crippen LogP contribution >= 0.6 is 0 Å². The van der Waals surface area contributed by atoms with Crippen LogP contribution in [-0.2, 0) is 25.7 Å². The van der Waals surface area contributed by atoms with E-state index in [1.165, 1.54) is 6.20 Å². The third kappa shape index (κ3) is 6.51. The van der Waals surface area contributed by atoms with Gasteiger partial charge in [0.15, 0.2) is 5.57 Å². The van der Waals surface area contributed by atoms with Crippen molar-refractivity contribution in [2.45, 2.75) is 20.5 Å². The maximum atomic E-state index is 12.0. The molecule has 142 valence electrons. The van der Waals surface area contributed by atoms with Crippen molar-refractivity contribution in [2.24, 2.45) is 0 Å². The largest absolute Gasteiger partial charge is 0.489 e. The van der Waals surface area contributed by atoms with Crippen LogP contribution in [-0.4, -0.2) is 25.2 Å². The zero-order valence-corrected chi connectivity index (χ0v) is 15.4. The summed E-state index contributed by atoms with van der Waals surface area (Å²) in [7, 11) is 0. The number of carbonyl (C=O) groups is 2. The number of hydrogen-bond acceptors (Lipinski definition) is 6. The molecule has 1 N–H and O–H groups in total. The topological polar surface area (TPSA) is 73.9 Å². The molecule has 27 heavy (non-hydrogen) atoms. The number of esters is 2. The summed E-state index contributed by atoms with van der Waals surface area (Å²) in [6, 6.07) is 17.0. The van der Waals surface area contributed by atoms with Gasteiger partial charge in [0.25, 0.3) is 0 Å². The highest BCUT2D eigenvalue weighted by atomic mass is 16.6. The Morgan fingerprint density at radius 3 is 2.22 bits per heavy atom. The van der Waals surface area contributed by atoms with Gasteiger partial charge in [-0.05, 0) is 31.5 Å². The Labute approximate surface area is 158 Å². The highest BCUT2D eigenvalue weighted by molar-refractivity contribution is 6.14. The highest BCUT2D eigenvalue weighted by Crippen LogP contribution is 2.19. The van der Waals surface area contributed by atoms with E-state index < -0.39 is 11.9 Å². The SMILES string of the molecule is CCOC(=O)C(=CNc1cccc(OCc2ccccc2)c1)C(=O)OCC. The highest BCUT2D eigenvalue weighted by Gasteiger charge is 2.20. The van der Waals surface area contributed by atoms with Gasteiger partial charge in [-0.25, -0.2) is 9.59 Å². The first-order valence-corrected chi connectivity index (χ1v) is 8.71. The van der Waals surface area contributed by atoms with Gasteiger partial charge < -0.3 is 19.5 Å². The van der Waals surface area contributed by atoms with Gasteiger partial charge in [-0.1, -0.05) is 36.4 Å². The van der Waals surface area contributed by atoms with Crippen LogP contribution in [0.5, 0.6) is 5.75 Å². The van der Waals surface area contributed by atoms with Crippen LogP contribution in [0, 0.1) is 0 Å². The second kappa shape index (κ2) is 10.7. The van der Waals surface area contributed by atoms with Crippen LogP contribution < -0.4 is 10.1 Å². The molecule has 2 aromatic carbocycles. The molecule has 2 aromatic rings. The second-order valence-corrected chi connectivity index (χ2v) is 5.45. The van der Waals surface area contributed by atoms with Gasteiger partial charge in [-0.3, -0.25) is 0 Å². The summed E-state index contributed by atoms with van der Waals surface area (Å²) in [5, 5.41) is 2.92. The van der Waals surface area contributed by atoms with Crippen LogP contribution in [0.25, 0.3) is 0 Å². The third-order valence-electron chi connectivity index (χ3n) is 3.46. The summed E-state index contributed by atoms with van der Waals surface area (Å²) < 4.78 is 15.6. The fourth-order valence-electron chi connectivity index (χ4n) is 2.19. The van der Waals surface area contributed by atoms with Crippen molar-refractivity contribution in [3.63, 3.8) is 0 Å². The Balaban J connectivity index is 2.06. The Morgan fingerprint density at radius 1 is 0.926 bits per heavy atom. The van der Waals surface area contributed by atoms with Gasteiger partial charge in [-0.2, -0.15) is 0 Å². The van der Waals surface area contributed by atoms with Gasteiger partial charge in [0, 0.05) is 18.0 Å². The first kappa shape index (κ1) is 20.0. The molecule has 0 aliphatic rings. The average molecular weight is 369 g/mol. The molecule has 0 unspecified atom stereocenters. The van der Waals surface area contributed by atoms with E-state index in [1.807, 2.05) is 42.5 Å². The van der Waals surface area contributed by atoms with E-state index in [0.717, 1.165) is 5.56 Å². The smallest absolute Gasteiger partial charge is 0.347 e. The molecule has 0 amide bonds. The van der Waals surface area contributed by atoms with E-state index in [0.29, 0.717) is 18.0 Å². The minimum atomic E-state index is -0.736. The lowest BCUT2D eigenvalue weighted by Crippen LogP contribution is -2.19. The van der Waals surface area contributed by atoms with Gasteiger partial charge in [0.1, 0.15) is 12.4 Å². The molecule has 6 heteroatoms. The van der Waals surface area contributed by atoms with Crippen molar-refractivity contribution in [3.05, 3.63) is 71.9 Å². The Hall–Kier alpha value is -3.28.